The second-order valence-electron chi connectivity index (χ2n) is 25.4. The van der Waals surface area contributed by atoms with E-state index < -0.39 is 0 Å². The van der Waals surface area contributed by atoms with Crippen LogP contribution < -0.4 is 0 Å². The van der Waals surface area contributed by atoms with Crippen LogP contribution in [-0.4, -0.2) is 33.6 Å². The van der Waals surface area contributed by atoms with Crippen LogP contribution in [0.4, 0.5) is 0 Å². The average molecular weight is 1310 g/mol. The number of nitrogens with zero attached hydrogens (tertiary/aromatic N) is 7. The largest absolute Gasteiger partial charge is 0.309 e. The van der Waals surface area contributed by atoms with E-state index in [1.54, 1.807) is 0 Å². The van der Waals surface area contributed by atoms with Crippen molar-refractivity contribution in [3.8, 4) is 95.7 Å². The smallest absolute Gasteiger partial charge is 0.235 e. The maximum Gasteiger partial charge on any atom is 0.235 e. The van der Waals surface area contributed by atoms with Gasteiger partial charge in [0.05, 0.1) is 55.9 Å². The standard InChI is InChI=1S/C46H30N4.C31H21N.C16H11ClN2/c1-4-15-31(16-5-1)39-30-40(32-17-6-2-7-18-32)48-46(47-39)50-42-25-13-11-22-37(42)45-35(23-14-26-44(45)50)33-27-28-43-38(29-33)36-21-10-12-24-41(36)49(43)34-19-8-3-9-20-34;1-2-11-24(12-3-1)32-29-16-7-6-14-27(29)28-20-22(17-18-30(28)32)26-15-8-10-23-19-21-9-4-5-13-25(21)31(23)26;17-16-18-14(12-7-3-1-4-8-12)11-15(19-16)13-9-5-2-6-10-13/h1-30H;1-18,20H,19H2;1-11H. The van der Waals surface area contributed by atoms with Crippen LogP contribution in [0.15, 0.2) is 364 Å². The van der Waals surface area contributed by atoms with Crippen LogP contribution in [-0.2, 0) is 6.42 Å². The number of hydrogen-bond acceptors (Lipinski definition) is 4. The third-order valence-corrected chi connectivity index (χ3v) is 19.6. The van der Waals surface area contributed by atoms with E-state index in [1.165, 1.54) is 105 Å². The summed E-state index contributed by atoms with van der Waals surface area (Å²) in [5.74, 6) is 0.648. The van der Waals surface area contributed by atoms with Crippen LogP contribution in [0.25, 0.3) is 161 Å². The molecule has 0 unspecified atom stereocenters. The van der Waals surface area contributed by atoms with Gasteiger partial charge in [-0.3, -0.25) is 4.57 Å². The minimum atomic E-state index is 0.264. The molecule has 0 fully saturated rings. The van der Waals surface area contributed by atoms with Crippen LogP contribution >= 0.6 is 11.6 Å². The molecule has 0 N–H and O–H groups in total. The maximum atomic E-state index is 6.03. The summed E-state index contributed by atoms with van der Waals surface area (Å²) < 4.78 is 6.97. The minimum absolute atomic E-state index is 0.264. The fourth-order valence-corrected chi connectivity index (χ4v) is 15.1. The quantitative estimate of drug-likeness (QED) is 0.135. The summed E-state index contributed by atoms with van der Waals surface area (Å²) in [4.78, 5) is 19.0. The zero-order valence-electron chi connectivity index (χ0n) is 54.9. The zero-order chi connectivity index (χ0) is 67.2. The Labute approximate surface area is 589 Å². The fourth-order valence-electron chi connectivity index (χ4n) is 14.9. The number of para-hydroxylation sites is 5. The van der Waals surface area contributed by atoms with E-state index in [4.69, 9.17) is 21.6 Å². The van der Waals surface area contributed by atoms with E-state index in [0.717, 1.165) is 68.2 Å². The summed E-state index contributed by atoms with van der Waals surface area (Å²) in [7, 11) is 0. The average Bonchev–Trinajstić information content (AvgIpc) is 1.58. The lowest BCUT2D eigenvalue weighted by Crippen LogP contribution is -2.04. The fraction of sp³-hybridized carbons (Fsp3) is 0.0108. The zero-order valence-corrected chi connectivity index (χ0v) is 55.6. The summed E-state index contributed by atoms with van der Waals surface area (Å²) in [6.45, 7) is 0. The summed E-state index contributed by atoms with van der Waals surface area (Å²) in [5, 5.41) is 7.67. The van der Waals surface area contributed by atoms with Gasteiger partial charge in [-0.2, -0.15) is 0 Å². The van der Waals surface area contributed by atoms with Gasteiger partial charge in [0.25, 0.3) is 0 Å². The Balaban J connectivity index is 0.000000122. The van der Waals surface area contributed by atoms with Crippen molar-refractivity contribution in [3.63, 3.8) is 0 Å². The Hall–Kier alpha value is -13.1. The number of rotatable bonds is 9. The minimum Gasteiger partial charge on any atom is -0.309 e. The van der Waals surface area contributed by atoms with Gasteiger partial charge in [0.1, 0.15) is 0 Å². The second-order valence-corrected chi connectivity index (χ2v) is 25.7. The van der Waals surface area contributed by atoms with E-state index in [2.05, 4.69) is 309 Å². The molecule has 0 saturated carbocycles. The molecule has 0 atom stereocenters. The van der Waals surface area contributed by atoms with Gasteiger partial charge in [0.2, 0.25) is 11.2 Å². The van der Waals surface area contributed by atoms with Crippen LogP contribution in [0.3, 0.4) is 0 Å². The molecule has 14 aromatic carbocycles. The lowest BCUT2D eigenvalue weighted by Gasteiger charge is -2.12. The Kier molecular flexibility index (Phi) is 15.6. The highest BCUT2D eigenvalue weighted by molar-refractivity contribution is 6.28. The molecule has 1 aliphatic carbocycles. The predicted octanol–water partition coefficient (Wildman–Crippen LogP) is 24.2. The molecule has 0 bridgehead atoms. The first-order chi connectivity index (χ1) is 50.0. The Morgan fingerprint density at radius 1 is 0.238 bits per heavy atom. The van der Waals surface area contributed by atoms with Gasteiger partial charge in [-0.25, -0.2) is 19.9 Å². The van der Waals surface area contributed by atoms with E-state index in [0.29, 0.717) is 5.95 Å². The van der Waals surface area contributed by atoms with Crippen LogP contribution in [0, 0.1) is 0 Å². The van der Waals surface area contributed by atoms with Crippen molar-refractivity contribution in [1.29, 1.82) is 0 Å². The first kappa shape index (κ1) is 60.3. The Morgan fingerprint density at radius 3 is 1.10 bits per heavy atom. The molecular formula is C93H62ClN7. The third-order valence-electron chi connectivity index (χ3n) is 19.4. The molecular weight excluding hydrogens is 1250 g/mol. The number of aromatic nitrogens is 7. The van der Waals surface area contributed by atoms with Crippen molar-refractivity contribution in [2.45, 2.75) is 6.42 Å². The van der Waals surface area contributed by atoms with E-state index >= 15 is 0 Å². The molecule has 20 rings (SSSR count). The van der Waals surface area contributed by atoms with Crippen molar-refractivity contribution >= 4 is 77.0 Å². The predicted molar refractivity (Wildman–Crippen MR) is 419 cm³/mol. The van der Waals surface area contributed by atoms with Gasteiger partial charge in [0, 0.05) is 65.9 Å². The Bertz CT molecular complexity index is 6170. The highest BCUT2D eigenvalue weighted by Crippen LogP contribution is 2.46. The van der Waals surface area contributed by atoms with Gasteiger partial charge < -0.3 is 9.13 Å². The first-order valence-corrected chi connectivity index (χ1v) is 34.5. The number of hydrogen-bond donors (Lipinski definition) is 0. The van der Waals surface area contributed by atoms with Gasteiger partial charge in [0.15, 0.2) is 0 Å². The highest BCUT2D eigenvalue weighted by Gasteiger charge is 2.24. The van der Waals surface area contributed by atoms with Crippen molar-refractivity contribution in [3.05, 3.63) is 380 Å². The lowest BCUT2D eigenvalue weighted by molar-refractivity contribution is 0.995. The van der Waals surface area contributed by atoms with E-state index in [9.17, 15) is 0 Å². The molecule has 5 heterocycles. The molecule has 8 heteroatoms. The first-order valence-electron chi connectivity index (χ1n) is 34.1. The second kappa shape index (κ2) is 26.1. The molecule has 0 amide bonds. The van der Waals surface area contributed by atoms with Crippen molar-refractivity contribution in [2.75, 3.05) is 0 Å². The van der Waals surface area contributed by atoms with Gasteiger partial charge >= 0.3 is 0 Å². The topological polar surface area (TPSA) is 66.3 Å². The SMILES string of the molecule is Clc1nc(-c2ccccc2)cc(-c2ccccc2)n1.c1ccc(-c2cc(-c3ccccc3)nc(-n3c4ccccc4c4c(-c5ccc6c(c5)c5ccccc5n6-c5ccccc5)cccc43)n2)cc1.c1ccc(-n2c3ccccc3c3cc(-c4cccc5c4-c4ccccc4C5)ccc32)cc1. The van der Waals surface area contributed by atoms with Gasteiger partial charge in [-0.05, 0) is 147 Å². The Morgan fingerprint density at radius 2 is 0.594 bits per heavy atom. The lowest BCUT2D eigenvalue weighted by atomic mass is 9.93. The maximum absolute atomic E-state index is 6.03. The van der Waals surface area contributed by atoms with Gasteiger partial charge in [-0.1, -0.05) is 279 Å². The molecule has 1 aliphatic rings. The van der Waals surface area contributed by atoms with Gasteiger partial charge in [-0.15, -0.1) is 0 Å². The van der Waals surface area contributed by atoms with E-state index in [-0.39, 0.29) is 5.28 Å². The summed E-state index contributed by atoms with van der Waals surface area (Å²) in [5.41, 5.74) is 27.6. The van der Waals surface area contributed by atoms with Crippen LogP contribution in [0.1, 0.15) is 11.1 Å². The molecule has 0 spiro atoms. The van der Waals surface area contributed by atoms with Crippen molar-refractivity contribution in [2.24, 2.45) is 0 Å². The summed E-state index contributed by atoms with van der Waals surface area (Å²) >= 11 is 6.03. The molecule has 476 valence electrons. The van der Waals surface area contributed by atoms with Crippen LogP contribution in [0.5, 0.6) is 0 Å². The van der Waals surface area contributed by atoms with E-state index in [1.807, 2.05) is 78.9 Å². The number of benzene rings is 14. The molecule has 0 radical (unpaired) electrons. The van der Waals surface area contributed by atoms with Crippen molar-refractivity contribution < 1.29 is 0 Å². The highest BCUT2D eigenvalue weighted by atomic mass is 35.5. The number of halogens is 1. The molecule has 5 aromatic heterocycles. The molecule has 0 saturated heterocycles. The molecule has 19 aromatic rings. The van der Waals surface area contributed by atoms with Crippen molar-refractivity contribution in [1.82, 2.24) is 33.6 Å². The monoisotopic (exact) mass is 1310 g/mol. The summed E-state index contributed by atoms with van der Waals surface area (Å²) in [6.07, 6.45) is 1.02. The summed E-state index contributed by atoms with van der Waals surface area (Å²) in [6, 6.07) is 128. The normalized spacial score (nSPS) is 11.6. The molecule has 101 heavy (non-hydrogen) atoms. The third kappa shape index (κ3) is 11.2. The number of fused-ring (bicyclic) bond motifs is 12. The molecule has 0 aliphatic heterocycles. The van der Waals surface area contributed by atoms with Crippen LogP contribution in [0.2, 0.25) is 5.28 Å². The molecule has 7 nitrogen and oxygen atoms in total.